The molecule has 0 aliphatic rings. The van der Waals surface area contributed by atoms with Crippen LogP contribution in [0.25, 0.3) is 0 Å². The number of aliphatic hydroxyl groups excluding tert-OH is 2. The van der Waals surface area contributed by atoms with Crippen LogP contribution >= 0.6 is 0 Å². The SMILES string of the molecule is CCC(N(C)C)N(CCCCO)CCCCO. The van der Waals surface area contributed by atoms with Crippen LogP contribution in [0.15, 0.2) is 0 Å². The molecule has 0 radical (unpaired) electrons. The maximum absolute atomic E-state index is 8.84. The molecule has 2 N–H and O–H groups in total. The molecular formula is C13H30N2O2. The molecule has 4 heteroatoms. The van der Waals surface area contributed by atoms with Gasteiger partial charge in [-0.2, -0.15) is 0 Å². The molecular weight excluding hydrogens is 216 g/mol. The molecule has 1 atom stereocenters. The van der Waals surface area contributed by atoms with Crippen LogP contribution in [0.2, 0.25) is 0 Å². The summed E-state index contributed by atoms with van der Waals surface area (Å²) in [7, 11) is 4.22. The van der Waals surface area contributed by atoms with Crippen molar-refractivity contribution in [3.05, 3.63) is 0 Å². The van der Waals surface area contributed by atoms with Crippen LogP contribution in [0.5, 0.6) is 0 Å². The van der Waals surface area contributed by atoms with Gasteiger partial charge in [-0.25, -0.2) is 0 Å². The van der Waals surface area contributed by atoms with E-state index in [2.05, 4.69) is 30.8 Å². The average Bonchev–Trinajstić information content (AvgIpc) is 2.29. The van der Waals surface area contributed by atoms with Crippen LogP contribution in [0, 0.1) is 0 Å². The molecule has 17 heavy (non-hydrogen) atoms. The lowest BCUT2D eigenvalue weighted by Gasteiger charge is -2.35. The van der Waals surface area contributed by atoms with Gasteiger partial charge in [0.2, 0.25) is 0 Å². The smallest absolute Gasteiger partial charge is 0.0614 e. The molecule has 0 rings (SSSR count). The molecule has 0 aromatic heterocycles. The molecule has 0 heterocycles. The largest absolute Gasteiger partial charge is 0.396 e. The average molecular weight is 246 g/mol. The first-order chi connectivity index (χ1) is 8.17. The highest BCUT2D eigenvalue weighted by atomic mass is 16.3. The first-order valence-corrected chi connectivity index (χ1v) is 6.79. The quantitative estimate of drug-likeness (QED) is 0.424. The lowest BCUT2D eigenvalue weighted by Crippen LogP contribution is -2.45. The molecule has 0 saturated heterocycles. The molecule has 0 saturated carbocycles. The fourth-order valence-electron chi connectivity index (χ4n) is 2.21. The zero-order valence-electron chi connectivity index (χ0n) is 11.7. The first-order valence-electron chi connectivity index (χ1n) is 6.79. The van der Waals surface area contributed by atoms with Crippen molar-refractivity contribution in [2.24, 2.45) is 0 Å². The Hall–Kier alpha value is -0.160. The third-order valence-electron chi connectivity index (χ3n) is 3.09. The minimum Gasteiger partial charge on any atom is -0.396 e. The number of rotatable bonds is 11. The molecule has 0 aliphatic heterocycles. The van der Waals surface area contributed by atoms with Gasteiger partial charge in [0.1, 0.15) is 0 Å². The van der Waals surface area contributed by atoms with Crippen molar-refractivity contribution in [2.75, 3.05) is 40.4 Å². The minimum absolute atomic E-state index is 0.281. The van der Waals surface area contributed by atoms with Crippen LogP contribution in [-0.4, -0.2) is 66.6 Å². The molecule has 0 aromatic rings. The monoisotopic (exact) mass is 246 g/mol. The van der Waals surface area contributed by atoms with Crippen LogP contribution in [0.4, 0.5) is 0 Å². The predicted octanol–water partition coefficient (Wildman–Crippen LogP) is 1.13. The molecule has 4 nitrogen and oxygen atoms in total. The van der Waals surface area contributed by atoms with Crippen LogP contribution in [0.1, 0.15) is 39.0 Å². The van der Waals surface area contributed by atoms with Gasteiger partial charge >= 0.3 is 0 Å². The molecule has 0 spiro atoms. The highest BCUT2D eigenvalue weighted by Crippen LogP contribution is 2.10. The molecule has 0 aromatic carbocycles. The van der Waals surface area contributed by atoms with Crippen molar-refractivity contribution < 1.29 is 10.2 Å². The van der Waals surface area contributed by atoms with Crippen molar-refractivity contribution in [3.63, 3.8) is 0 Å². The minimum atomic E-state index is 0.281. The second kappa shape index (κ2) is 11.0. The summed E-state index contributed by atoms with van der Waals surface area (Å²) < 4.78 is 0. The summed E-state index contributed by atoms with van der Waals surface area (Å²) >= 11 is 0. The Bertz CT molecular complexity index is 155. The highest BCUT2D eigenvalue weighted by Gasteiger charge is 2.17. The third-order valence-corrected chi connectivity index (χ3v) is 3.09. The van der Waals surface area contributed by atoms with E-state index in [0.717, 1.165) is 45.2 Å². The maximum Gasteiger partial charge on any atom is 0.0614 e. The van der Waals surface area contributed by atoms with Gasteiger partial charge in [-0.05, 0) is 59.3 Å². The zero-order valence-corrected chi connectivity index (χ0v) is 11.7. The fraction of sp³-hybridized carbons (Fsp3) is 1.00. The zero-order chi connectivity index (χ0) is 13.1. The molecule has 1 unspecified atom stereocenters. The van der Waals surface area contributed by atoms with Gasteiger partial charge < -0.3 is 10.2 Å². The van der Waals surface area contributed by atoms with Gasteiger partial charge in [0.15, 0.2) is 0 Å². The Morgan fingerprint density at radius 3 is 1.65 bits per heavy atom. The van der Waals surface area contributed by atoms with Crippen molar-refractivity contribution in [1.82, 2.24) is 9.80 Å². The van der Waals surface area contributed by atoms with E-state index in [0.29, 0.717) is 6.17 Å². The van der Waals surface area contributed by atoms with Gasteiger partial charge in [-0.1, -0.05) is 6.92 Å². The standard InChI is InChI=1S/C13H30N2O2/c1-4-13(14(2)3)15(9-5-7-11-16)10-6-8-12-17/h13,16-17H,4-12H2,1-3H3. The van der Waals surface area contributed by atoms with Crippen LogP contribution < -0.4 is 0 Å². The van der Waals surface area contributed by atoms with E-state index in [1.807, 2.05) is 0 Å². The number of unbranched alkanes of at least 4 members (excludes halogenated alkanes) is 2. The predicted molar refractivity (Wildman–Crippen MR) is 72.0 cm³/mol. The molecule has 0 bridgehead atoms. The molecule has 0 amide bonds. The summed E-state index contributed by atoms with van der Waals surface area (Å²) in [5.74, 6) is 0. The van der Waals surface area contributed by atoms with Crippen LogP contribution in [-0.2, 0) is 0 Å². The number of aliphatic hydroxyl groups is 2. The van der Waals surface area contributed by atoms with Crippen molar-refractivity contribution in [3.8, 4) is 0 Å². The van der Waals surface area contributed by atoms with Crippen LogP contribution in [0.3, 0.4) is 0 Å². The summed E-state index contributed by atoms with van der Waals surface area (Å²) in [4.78, 5) is 4.71. The van der Waals surface area contributed by atoms with Crippen molar-refractivity contribution in [2.45, 2.75) is 45.2 Å². The maximum atomic E-state index is 8.84. The van der Waals surface area contributed by atoms with E-state index in [9.17, 15) is 0 Å². The number of hydrogen-bond acceptors (Lipinski definition) is 4. The van der Waals surface area contributed by atoms with E-state index < -0.39 is 0 Å². The van der Waals surface area contributed by atoms with E-state index in [1.54, 1.807) is 0 Å². The van der Waals surface area contributed by atoms with E-state index in [-0.39, 0.29) is 13.2 Å². The fourth-order valence-corrected chi connectivity index (χ4v) is 2.21. The molecule has 104 valence electrons. The first kappa shape index (κ1) is 16.8. The normalized spacial score (nSPS) is 13.6. The van der Waals surface area contributed by atoms with Gasteiger partial charge in [0, 0.05) is 13.2 Å². The van der Waals surface area contributed by atoms with E-state index in [4.69, 9.17) is 10.2 Å². The number of hydrogen-bond donors (Lipinski definition) is 2. The van der Waals surface area contributed by atoms with Gasteiger partial charge in [-0.3, -0.25) is 9.80 Å². The second-order valence-electron chi connectivity index (χ2n) is 4.75. The van der Waals surface area contributed by atoms with E-state index >= 15 is 0 Å². The Morgan fingerprint density at radius 1 is 0.882 bits per heavy atom. The highest BCUT2D eigenvalue weighted by molar-refractivity contribution is 4.68. The Kier molecular flexibility index (Phi) is 10.9. The van der Waals surface area contributed by atoms with Gasteiger partial charge in [-0.15, -0.1) is 0 Å². The van der Waals surface area contributed by atoms with Crippen molar-refractivity contribution >= 4 is 0 Å². The van der Waals surface area contributed by atoms with Crippen molar-refractivity contribution in [1.29, 1.82) is 0 Å². The number of nitrogens with zero attached hydrogens (tertiary/aromatic N) is 2. The topological polar surface area (TPSA) is 46.9 Å². The Labute approximate surface area is 106 Å². The Balaban J connectivity index is 4.15. The third kappa shape index (κ3) is 7.71. The van der Waals surface area contributed by atoms with Gasteiger partial charge in [0.05, 0.1) is 6.17 Å². The Morgan fingerprint density at radius 2 is 1.35 bits per heavy atom. The molecule has 0 fully saturated rings. The lowest BCUT2D eigenvalue weighted by molar-refractivity contribution is 0.0694. The summed E-state index contributed by atoms with van der Waals surface area (Å²) in [6.07, 6.45) is 5.40. The summed E-state index contributed by atoms with van der Waals surface area (Å²) in [5.41, 5.74) is 0. The lowest BCUT2D eigenvalue weighted by atomic mass is 10.2. The summed E-state index contributed by atoms with van der Waals surface area (Å²) in [6.45, 7) is 4.83. The second-order valence-corrected chi connectivity index (χ2v) is 4.75. The van der Waals surface area contributed by atoms with Gasteiger partial charge in [0.25, 0.3) is 0 Å². The molecule has 0 aliphatic carbocycles. The summed E-state index contributed by atoms with van der Waals surface area (Å²) in [5, 5.41) is 17.7. The summed E-state index contributed by atoms with van der Waals surface area (Å²) in [6, 6.07) is 0. The van der Waals surface area contributed by atoms with E-state index in [1.165, 1.54) is 0 Å².